The SMILES string of the molecule is CSC1/C=C(/c2ccc(F)cc2C)[NH+]([O-])C(Cc2cc(C(F)(F)F)cc(C(F)(F)F)c2)C2=C(NCNC2)O1. The van der Waals surface area contributed by atoms with Crippen molar-refractivity contribution in [1.82, 2.24) is 10.6 Å². The number of benzene rings is 2. The van der Waals surface area contributed by atoms with Gasteiger partial charge < -0.3 is 20.3 Å². The van der Waals surface area contributed by atoms with Crippen molar-refractivity contribution in [1.29, 1.82) is 0 Å². The van der Waals surface area contributed by atoms with Crippen LogP contribution >= 0.6 is 11.8 Å². The number of rotatable bonds is 4. The third kappa shape index (κ3) is 6.11. The van der Waals surface area contributed by atoms with Crippen LogP contribution in [-0.4, -0.2) is 30.9 Å². The van der Waals surface area contributed by atoms with Crippen molar-refractivity contribution in [2.45, 2.75) is 37.2 Å². The van der Waals surface area contributed by atoms with E-state index in [0.29, 0.717) is 28.8 Å². The molecule has 5 nitrogen and oxygen atoms in total. The van der Waals surface area contributed by atoms with Crippen LogP contribution in [0.3, 0.4) is 0 Å². The van der Waals surface area contributed by atoms with Crippen LogP contribution in [-0.2, 0) is 23.5 Å². The van der Waals surface area contributed by atoms with Gasteiger partial charge in [-0.25, -0.2) is 4.39 Å². The standard InChI is InChI=1S/C25H24F7N3O2S/c1-13-5-17(26)3-4-18(13)21-10-22(38-2)37-23-19(11-33-12-34-23)20(35(21)36)8-14-6-15(24(27,28)29)9-16(7-14)25(30,31)32/h3-7,9-10,20,22,33-35H,8,11-12H2,1-2H3/b21-10-. The van der Waals surface area contributed by atoms with Crippen molar-refractivity contribution in [2.24, 2.45) is 0 Å². The smallest absolute Gasteiger partial charge is 0.416 e. The fourth-order valence-corrected chi connectivity index (χ4v) is 4.97. The number of nitrogens with one attached hydrogen (secondary N) is 3. The number of ether oxygens (including phenoxy) is 1. The van der Waals surface area contributed by atoms with E-state index in [-0.39, 0.29) is 36.4 Å². The molecule has 0 aromatic heterocycles. The second kappa shape index (κ2) is 10.8. The zero-order chi connectivity index (χ0) is 27.8. The lowest BCUT2D eigenvalue weighted by atomic mass is 9.93. The van der Waals surface area contributed by atoms with E-state index in [1.54, 1.807) is 19.3 Å². The highest BCUT2D eigenvalue weighted by Gasteiger charge is 2.39. The molecule has 2 heterocycles. The molecule has 0 spiro atoms. The second-order valence-electron chi connectivity index (χ2n) is 8.93. The zero-order valence-electron chi connectivity index (χ0n) is 20.2. The molecule has 0 radical (unpaired) electrons. The number of hydrogen-bond acceptors (Lipinski definition) is 5. The Morgan fingerprint density at radius 1 is 1.05 bits per heavy atom. The van der Waals surface area contributed by atoms with Gasteiger partial charge in [0.25, 0.3) is 0 Å². The van der Waals surface area contributed by atoms with Gasteiger partial charge >= 0.3 is 12.4 Å². The zero-order valence-corrected chi connectivity index (χ0v) is 21.0. The molecule has 38 heavy (non-hydrogen) atoms. The molecule has 0 amide bonds. The minimum absolute atomic E-state index is 0.0528. The Hall–Kier alpha value is -2.74. The fourth-order valence-electron chi connectivity index (χ4n) is 4.50. The van der Waals surface area contributed by atoms with Crippen molar-refractivity contribution in [3.63, 3.8) is 0 Å². The highest BCUT2D eigenvalue weighted by atomic mass is 32.2. The van der Waals surface area contributed by atoms with Crippen molar-refractivity contribution in [2.75, 3.05) is 19.5 Å². The third-order valence-electron chi connectivity index (χ3n) is 6.32. The van der Waals surface area contributed by atoms with Crippen LogP contribution in [0.2, 0.25) is 0 Å². The summed E-state index contributed by atoms with van der Waals surface area (Å²) >= 11 is 1.28. The van der Waals surface area contributed by atoms with Crippen molar-refractivity contribution < 1.29 is 40.5 Å². The maximum Gasteiger partial charge on any atom is 0.416 e. The average molecular weight is 564 g/mol. The number of aryl methyl sites for hydroxylation is 1. The quantitative estimate of drug-likeness (QED) is 0.376. The molecule has 2 aliphatic heterocycles. The first kappa shape index (κ1) is 28.3. The van der Waals surface area contributed by atoms with Crippen LogP contribution in [0.1, 0.15) is 27.8 Å². The molecule has 2 aromatic rings. The van der Waals surface area contributed by atoms with E-state index in [4.69, 9.17) is 4.74 Å². The molecule has 0 saturated carbocycles. The lowest BCUT2D eigenvalue weighted by molar-refractivity contribution is -0.793. The Balaban J connectivity index is 1.86. The molecule has 3 atom stereocenters. The second-order valence-corrected chi connectivity index (χ2v) is 9.87. The number of halogens is 7. The summed E-state index contributed by atoms with van der Waals surface area (Å²) in [4.78, 5) is 0. The predicted molar refractivity (Wildman–Crippen MR) is 129 cm³/mol. The van der Waals surface area contributed by atoms with Gasteiger partial charge in [-0.1, -0.05) is 0 Å². The molecule has 0 fully saturated rings. The van der Waals surface area contributed by atoms with Crippen LogP contribution < -0.4 is 15.7 Å². The molecule has 0 bridgehead atoms. The van der Waals surface area contributed by atoms with E-state index < -0.39 is 52.3 Å². The molecule has 3 N–H and O–H groups in total. The number of hydroxylamine groups is 2. The van der Waals surface area contributed by atoms with Gasteiger partial charge in [-0.3, -0.25) is 5.32 Å². The first-order chi connectivity index (χ1) is 17.8. The summed E-state index contributed by atoms with van der Waals surface area (Å²) < 4.78 is 101. The van der Waals surface area contributed by atoms with Crippen molar-refractivity contribution >= 4 is 17.5 Å². The maximum atomic E-state index is 14.1. The summed E-state index contributed by atoms with van der Waals surface area (Å²) in [6.07, 6.45) is -7.20. The molecule has 0 aliphatic carbocycles. The van der Waals surface area contributed by atoms with Gasteiger partial charge in [0.1, 0.15) is 17.6 Å². The highest BCUT2D eigenvalue weighted by Crippen LogP contribution is 2.37. The summed E-state index contributed by atoms with van der Waals surface area (Å²) in [7, 11) is 0. The van der Waals surface area contributed by atoms with Crippen LogP contribution in [0, 0.1) is 17.9 Å². The first-order valence-electron chi connectivity index (χ1n) is 11.5. The first-order valence-corrected chi connectivity index (χ1v) is 12.7. The van der Waals surface area contributed by atoms with E-state index in [1.807, 2.05) is 0 Å². The normalized spacial score (nSPS) is 23.9. The summed E-state index contributed by atoms with van der Waals surface area (Å²) in [6, 6.07) is 3.99. The topological polar surface area (TPSA) is 60.8 Å². The summed E-state index contributed by atoms with van der Waals surface area (Å²) in [5.41, 5.74) is -2.51. The molecular formula is C25H24F7N3O2S. The molecule has 4 rings (SSSR count). The largest absolute Gasteiger partial charge is 0.628 e. The third-order valence-corrected chi connectivity index (χ3v) is 7.02. The van der Waals surface area contributed by atoms with Crippen molar-refractivity contribution in [3.05, 3.63) is 92.8 Å². The van der Waals surface area contributed by atoms with E-state index >= 15 is 0 Å². The van der Waals surface area contributed by atoms with Gasteiger partial charge in [0.15, 0.2) is 11.3 Å². The Morgan fingerprint density at radius 3 is 2.29 bits per heavy atom. The van der Waals surface area contributed by atoms with Gasteiger partial charge in [-0.15, -0.1) is 11.8 Å². The number of alkyl halides is 6. The number of quaternary nitrogens is 1. The van der Waals surface area contributed by atoms with Gasteiger partial charge in [0.05, 0.1) is 23.4 Å². The Bertz CT molecular complexity index is 1230. The summed E-state index contributed by atoms with van der Waals surface area (Å²) in [6.45, 7) is 2.02. The summed E-state index contributed by atoms with van der Waals surface area (Å²) in [5, 5.41) is 19.5. The lowest BCUT2D eigenvalue weighted by Crippen LogP contribution is -3.09. The minimum Gasteiger partial charge on any atom is -0.628 e. The average Bonchev–Trinajstić information content (AvgIpc) is 2.83. The summed E-state index contributed by atoms with van der Waals surface area (Å²) in [5.74, 6) is -0.274. The van der Waals surface area contributed by atoms with Crippen LogP contribution in [0.4, 0.5) is 30.7 Å². The van der Waals surface area contributed by atoms with Crippen LogP contribution in [0.25, 0.3) is 5.70 Å². The van der Waals surface area contributed by atoms with E-state index in [9.17, 15) is 35.9 Å². The Morgan fingerprint density at radius 2 is 1.71 bits per heavy atom. The Kier molecular flexibility index (Phi) is 8.03. The van der Waals surface area contributed by atoms with Crippen molar-refractivity contribution in [3.8, 4) is 0 Å². The van der Waals surface area contributed by atoms with Gasteiger partial charge in [0, 0.05) is 24.6 Å². The molecule has 3 unspecified atom stereocenters. The van der Waals surface area contributed by atoms with Gasteiger partial charge in [0.2, 0.25) is 0 Å². The van der Waals surface area contributed by atoms with Crippen LogP contribution in [0.15, 0.2) is 53.9 Å². The molecule has 2 aliphatic rings. The molecule has 2 aromatic carbocycles. The lowest BCUT2D eigenvalue weighted by Gasteiger charge is -2.39. The molecule has 206 valence electrons. The number of hydrogen-bond donors (Lipinski definition) is 3. The Labute approximate surface area is 218 Å². The molecular weight excluding hydrogens is 539 g/mol. The van der Waals surface area contributed by atoms with Gasteiger partial charge in [-0.05, 0) is 60.7 Å². The van der Waals surface area contributed by atoms with E-state index in [0.717, 1.165) is 0 Å². The molecule has 0 saturated heterocycles. The van der Waals surface area contributed by atoms with Crippen LogP contribution in [0.5, 0.6) is 0 Å². The number of thioether (sulfide) groups is 1. The van der Waals surface area contributed by atoms with E-state index in [1.165, 1.54) is 30.0 Å². The molecule has 13 heteroatoms. The predicted octanol–water partition coefficient (Wildman–Crippen LogP) is 4.59. The monoisotopic (exact) mass is 563 g/mol. The van der Waals surface area contributed by atoms with Gasteiger partial charge in [-0.2, -0.15) is 26.3 Å². The highest BCUT2D eigenvalue weighted by molar-refractivity contribution is 7.99. The maximum absolute atomic E-state index is 14.1. The fraction of sp³-hybridized carbons (Fsp3) is 0.360. The minimum atomic E-state index is -5.02. The van der Waals surface area contributed by atoms with E-state index in [2.05, 4.69) is 10.6 Å².